The number of hydrogen-bond donors (Lipinski definition) is 0. The maximum atomic E-state index is 5.39. The summed E-state index contributed by atoms with van der Waals surface area (Å²) in [5.41, 5.74) is 11.6. The van der Waals surface area contributed by atoms with Gasteiger partial charge in [0.25, 0.3) is 0 Å². The summed E-state index contributed by atoms with van der Waals surface area (Å²) in [6.45, 7) is 4.58. The van der Waals surface area contributed by atoms with E-state index >= 15 is 0 Å². The lowest BCUT2D eigenvalue weighted by Gasteiger charge is -2.27. The van der Waals surface area contributed by atoms with E-state index in [-0.39, 0.29) is 5.41 Å². The van der Waals surface area contributed by atoms with Crippen LogP contribution in [0.25, 0.3) is 72.5 Å². The molecule has 0 spiro atoms. The van der Waals surface area contributed by atoms with Gasteiger partial charge in [-0.05, 0) is 78.4 Å². The summed E-state index contributed by atoms with van der Waals surface area (Å²) >= 11 is 0. The largest absolute Gasteiger partial charge is 0.313 e. The van der Waals surface area contributed by atoms with Gasteiger partial charge in [0.15, 0.2) is 0 Å². The molecule has 2 atom stereocenters. The molecule has 3 aromatic heterocycles. The van der Waals surface area contributed by atoms with Crippen molar-refractivity contribution in [3.8, 4) is 22.8 Å². The Labute approximate surface area is 291 Å². The molecule has 3 heterocycles. The summed E-state index contributed by atoms with van der Waals surface area (Å²) in [7, 11) is 0. The van der Waals surface area contributed by atoms with E-state index in [2.05, 4.69) is 175 Å². The zero-order valence-electron chi connectivity index (χ0n) is 28.2. The smallest absolute Gasteiger partial charge is 0.235 e. The minimum Gasteiger partial charge on any atom is -0.313 e. The number of nitrogens with zero attached hydrogens (tertiary/aromatic N) is 4. The van der Waals surface area contributed by atoms with Gasteiger partial charge in [-0.25, -0.2) is 9.97 Å². The standard InChI is InChI=1S/C46H36N4/c1-30-19-22-35-38-29-31(20-23-41(38)49(43(35)27-30)33-13-5-3-6-14-33)32-21-24-42-37(28-32)34-15-8-10-18-40(34)50(42)45-47-39-17-9-7-16-36(39)44(48-45)46(2)25-11-4-12-26-46/h3-25,28-30H,26-27H2,1-2H3. The molecule has 2 unspecified atom stereocenters. The topological polar surface area (TPSA) is 35.6 Å². The van der Waals surface area contributed by atoms with Crippen molar-refractivity contribution in [3.63, 3.8) is 0 Å². The highest BCUT2D eigenvalue weighted by Crippen LogP contribution is 2.40. The Balaban J connectivity index is 1.16. The average Bonchev–Trinajstić information content (AvgIpc) is 3.66. The third kappa shape index (κ3) is 4.38. The van der Waals surface area contributed by atoms with Gasteiger partial charge in [-0.15, -0.1) is 0 Å². The molecule has 2 aliphatic carbocycles. The Morgan fingerprint density at radius 1 is 0.660 bits per heavy atom. The minimum atomic E-state index is -0.220. The second-order valence-electron chi connectivity index (χ2n) is 14.2. The molecule has 10 rings (SSSR count). The van der Waals surface area contributed by atoms with Crippen LogP contribution in [0.4, 0.5) is 0 Å². The van der Waals surface area contributed by atoms with Crippen molar-refractivity contribution < 1.29 is 0 Å². The fraction of sp³-hybridized carbons (Fsp3) is 0.130. The SMILES string of the molecule is CC1C=Cc2c(n(-c3ccccc3)c3ccc(-c4ccc5c(c4)c4ccccc4n5-c4nc(C5(C)C=CC=CC5)c5ccccc5n4)cc23)C1. The molecule has 50 heavy (non-hydrogen) atoms. The van der Waals surface area contributed by atoms with Crippen LogP contribution >= 0.6 is 0 Å². The van der Waals surface area contributed by atoms with Crippen molar-refractivity contribution in [3.05, 3.63) is 163 Å². The Morgan fingerprint density at radius 3 is 2.16 bits per heavy atom. The second kappa shape index (κ2) is 11.0. The van der Waals surface area contributed by atoms with E-state index < -0.39 is 0 Å². The molecule has 0 saturated heterocycles. The maximum Gasteiger partial charge on any atom is 0.235 e. The number of rotatable bonds is 4. The summed E-state index contributed by atoms with van der Waals surface area (Å²) in [6, 6.07) is 41.7. The lowest BCUT2D eigenvalue weighted by Crippen LogP contribution is -2.23. The fourth-order valence-electron chi connectivity index (χ4n) is 8.31. The monoisotopic (exact) mass is 644 g/mol. The van der Waals surface area contributed by atoms with Gasteiger partial charge in [-0.2, -0.15) is 0 Å². The van der Waals surface area contributed by atoms with Crippen molar-refractivity contribution >= 4 is 49.7 Å². The van der Waals surface area contributed by atoms with Gasteiger partial charge in [-0.3, -0.25) is 4.57 Å². The summed E-state index contributed by atoms with van der Waals surface area (Å²) in [6.07, 6.45) is 15.4. The van der Waals surface area contributed by atoms with Crippen LogP contribution in [0.3, 0.4) is 0 Å². The number of fused-ring (bicyclic) bond motifs is 7. The van der Waals surface area contributed by atoms with Gasteiger partial charge >= 0.3 is 0 Å². The lowest BCUT2D eigenvalue weighted by atomic mass is 9.79. The average molecular weight is 645 g/mol. The Hall–Kier alpha value is -6.00. The first-order valence-corrected chi connectivity index (χ1v) is 17.6. The van der Waals surface area contributed by atoms with Gasteiger partial charge < -0.3 is 4.57 Å². The maximum absolute atomic E-state index is 5.39. The molecule has 5 aromatic carbocycles. The van der Waals surface area contributed by atoms with Crippen LogP contribution in [0.5, 0.6) is 0 Å². The number of hydrogen-bond acceptors (Lipinski definition) is 2. The minimum absolute atomic E-state index is 0.220. The lowest BCUT2D eigenvalue weighted by molar-refractivity contribution is 0.582. The van der Waals surface area contributed by atoms with Crippen molar-refractivity contribution in [2.75, 3.05) is 0 Å². The third-order valence-electron chi connectivity index (χ3n) is 10.8. The van der Waals surface area contributed by atoms with E-state index in [0.717, 1.165) is 40.5 Å². The van der Waals surface area contributed by atoms with E-state index in [4.69, 9.17) is 9.97 Å². The molecule has 0 bridgehead atoms. The van der Waals surface area contributed by atoms with Crippen LogP contribution in [0, 0.1) is 5.92 Å². The summed E-state index contributed by atoms with van der Waals surface area (Å²) < 4.78 is 4.71. The highest BCUT2D eigenvalue weighted by atomic mass is 15.2. The fourth-order valence-corrected chi connectivity index (χ4v) is 8.31. The van der Waals surface area contributed by atoms with E-state index in [1.54, 1.807) is 0 Å². The predicted molar refractivity (Wildman–Crippen MR) is 208 cm³/mol. The second-order valence-corrected chi connectivity index (χ2v) is 14.2. The third-order valence-corrected chi connectivity index (χ3v) is 10.8. The van der Waals surface area contributed by atoms with Gasteiger partial charge in [0.1, 0.15) is 0 Å². The van der Waals surface area contributed by atoms with Crippen LogP contribution in [0.2, 0.25) is 0 Å². The van der Waals surface area contributed by atoms with Gasteiger partial charge in [0, 0.05) is 43.9 Å². The van der Waals surface area contributed by atoms with Crippen molar-refractivity contribution in [1.82, 2.24) is 19.1 Å². The molecule has 0 amide bonds. The molecular weight excluding hydrogens is 609 g/mol. The first-order chi connectivity index (χ1) is 24.6. The normalized spacial score (nSPS) is 18.5. The summed E-state index contributed by atoms with van der Waals surface area (Å²) in [4.78, 5) is 10.6. The zero-order valence-corrected chi connectivity index (χ0v) is 28.2. The quantitative estimate of drug-likeness (QED) is 0.191. The number of para-hydroxylation sites is 3. The van der Waals surface area contributed by atoms with Crippen LogP contribution in [0.15, 0.2) is 146 Å². The Kier molecular flexibility index (Phi) is 6.38. The van der Waals surface area contributed by atoms with Crippen LogP contribution in [0.1, 0.15) is 37.2 Å². The molecule has 4 heteroatoms. The van der Waals surface area contributed by atoms with Gasteiger partial charge in [0.05, 0.1) is 27.8 Å². The Morgan fingerprint density at radius 2 is 1.36 bits per heavy atom. The molecule has 0 N–H and O–H groups in total. The molecule has 240 valence electrons. The van der Waals surface area contributed by atoms with E-state index in [0.29, 0.717) is 11.9 Å². The van der Waals surface area contributed by atoms with Crippen LogP contribution in [-0.2, 0) is 11.8 Å². The Bertz CT molecular complexity index is 2740. The van der Waals surface area contributed by atoms with Gasteiger partial charge in [-0.1, -0.05) is 117 Å². The summed E-state index contributed by atoms with van der Waals surface area (Å²) in [5, 5.41) is 4.79. The summed E-state index contributed by atoms with van der Waals surface area (Å²) in [5.74, 6) is 1.22. The van der Waals surface area contributed by atoms with E-state index in [1.165, 1.54) is 49.7 Å². The number of allylic oxidation sites excluding steroid dienone is 5. The number of benzene rings is 5. The molecule has 0 aliphatic heterocycles. The van der Waals surface area contributed by atoms with Crippen molar-refractivity contribution in [2.45, 2.75) is 32.1 Å². The molecule has 0 saturated carbocycles. The molecule has 8 aromatic rings. The van der Waals surface area contributed by atoms with Crippen molar-refractivity contribution in [2.24, 2.45) is 5.92 Å². The molecule has 2 aliphatic rings. The molecule has 0 radical (unpaired) electrons. The van der Waals surface area contributed by atoms with Crippen LogP contribution < -0.4 is 0 Å². The zero-order chi connectivity index (χ0) is 33.4. The predicted octanol–water partition coefficient (Wildman–Crippen LogP) is 11.3. The molecule has 4 nitrogen and oxygen atoms in total. The van der Waals surface area contributed by atoms with Crippen molar-refractivity contribution in [1.29, 1.82) is 0 Å². The first kappa shape index (κ1) is 29.0. The van der Waals surface area contributed by atoms with Gasteiger partial charge in [0.2, 0.25) is 5.95 Å². The van der Waals surface area contributed by atoms with E-state index in [1.807, 2.05) is 0 Å². The molecular formula is C46H36N4. The highest BCUT2D eigenvalue weighted by molar-refractivity contribution is 6.10. The van der Waals surface area contributed by atoms with Crippen LogP contribution in [-0.4, -0.2) is 19.1 Å². The first-order valence-electron chi connectivity index (χ1n) is 17.6. The molecule has 0 fully saturated rings. The number of aromatic nitrogens is 4. The highest BCUT2D eigenvalue weighted by Gasteiger charge is 2.29. The van der Waals surface area contributed by atoms with E-state index in [9.17, 15) is 0 Å².